The van der Waals surface area contributed by atoms with E-state index in [0.29, 0.717) is 0 Å². The Morgan fingerprint density at radius 3 is 2.20 bits per heavy atom. The van der Waals surface area contributed by atoms with Gasteiger partial charge in [-0.1, -0.05) is 77.4 Å². The Balaban J connectivity index is 3.79. The maximum absolute atomic E-state index is 5.79. The monoisotopic (exact) mass is 281 g/mol. The molecule has 1 unspecified atom stereocenters. The highest BCUT2D eigenvalue weighted by Gasteiger charge is 2.11. The van der Waals surface area contributed by atoms with Crippen molar-refractivity contribution in [1.29, 1.82) is 0 Å². The van der Waals surface area contributed by atoms with Crippen LogP contribution in [0.4, 0.5) is 0 Å². The zero-order chi connectivity index (χ0) is 15.1. The molecular formula is C19H39N. The smallest absolute Gasteiger partial charge is 0.00746 e. The molecule has 2 N–H and O–H groups in total. The fourth-order valence-electron chi connectivity index (χ4n) is 3.14. The molecule has 1 nitrogen and oxygen atoms in total. The van der Waals surface area contributed by atoms with Crippen molar-refractivity contribution < 1.29 is 0 Å². The minimum Gasteiger partial charge on any atom is -0.330 e. The van der Waals surface area contributed by atoms with Gasteiger partial charge in [0.05, 0.1) is 0 Å². The van der Waals surface area contributed by atoms with Crippen molar-refractivity contribution in [2.45, 2.75) is 91.4 Å². The molecule has 0 aliphatic heterocycles. The lowest BCUT2D eigenvalue weighted by atomic mass is 9.87. The molecule has 0 aliphatic carbocycles. The van der Waals surface area contributed by atoms with Crippen LogP contribution in [0.15, 0.2) is 12.2 Å². The van der Waals surface area contributed by atoms with Crippen molar-refractivity contribution in [3.63, 3.8) is 0 Å². The summed E-state index contributed by atoms with van der Waals surface area (Å²) in [6.45, 7) is 7.63. The van der Waals surface area contributed by atoms with E-state index in [4.69, 9.17) is 5.73 Å². The van der Waals surface area contributed by atoms with Crippen LogP contribution in [0.3, 0.4) is 0 Å². The number of unbranched alkanes of at least 4 members (excludes halogenated alkanes) is 3. The molecule has 0 bridgehead atoms. The van der Waals surface area contributed by atoms with Crippen LogP contribution < -0.4 is 5.73 Å². The summed E-state index contributed by atoms with van der Waals surface area (Å²) in [6.07, 6.45) is 19.4. The molecule has 0 fully saturated rings. The predicted molar refractivity (Wildman–Crippen MR) is 93.0 cm³/mol. The fourth-order valence-corrected chi connectivity index (χ4v) is 3.14. The summed E-state index contributed by atoms with van der Waals surface area (Å²) in [5.74, 6) is 1.84. The van der Waals surface area contributed by atoms with Crippen LogP contribution in [0.5, 0.6) is 0 Å². The highest BCUT2D eigenvalue weighted by atomic mass is 14.5. The van der Waals surface area contributed by atoms with Crippen molar-refractivity contribution >= 4 is 0 Å². The maximum atomic E-state index is 5.79. The Labute approximate surface area is 128 Å². The predicted octanol–water partition coefficient (Wildman–Crippen LogP) is 6.08. The molecule has 0 radical (unpaired) electrons. The highest BCUT2D eigenvalue weighted by molar-refractivity contribution is 4.76. The molecule has 0 aromatic rings. The second kappa shape index (κ2) is 15.1. The van der Waals surface area contributed by atoms with E-state index in [0.717, 1.165) is 18.4 Å². The van der Waals surface area contributed by atoms with Gasteiger partial charge in [0.2, 0.25) is 0 Å². The fraction of sp³-hybridized carbons (Fsp3) is 0.895. The zero-order valence-electron chi connectivity index (χ0n) is 14.4. The molecule has 0 spiro atoms. The van der Waals surface area contributed by atoms with Gasteiger partial charge in [0, 0.05) is 0 Å². The number of hydrogen-bond acceptors (Lipinski definition) is 1. The highest BCUT2D eigenvalue weighted by Crippen LogP contribution is 2.25. The lowest BCUT2D eigenvalue weighted by Gasteiger charge is -2.20. The van der Waals surface area contributed by atoms with E-state index in [1.54, 1.807) is 0 Å². The van der Waals surface area contributed by atoms with E-state index >= 15 is 0 Å². The van der Waals surface area contributed by atoms with Crippen LogP contribution >= 0.6 is 0 Å². The zero-order valence-corrected chi connectivity index (χ0v) is 14.4. The van der Waals surface area contributed by atoms with Crippen molar-refractivity contribution in [3.05, 3.63) is 12.2 Å². The summed E-state index contributed by atoms with van der Waals surface area (Å²) in [6, 6.07) is 0. The van der Waals surface area contributed by atoms with E-state index in [9.17, 15) is 0 Å². The molecule has 0 saturated heterocycles. The quantitative estimate of drug-likeness (QED) is 0.303. The molecule has 1 heteroatoms. The van der Waals surface area contributed by atoms with E-state index in [-0.39, 0.29) is 0 Å². The van der Waals surface area contributed by atoms with Gasteiger partial charge in [-0.2, -0.15) is 0 Å². The van der Waals surface area contributed by atoms with Gasteiger partial charge >= 0.3 is 0 Å². The Morgan fingerprint density at radius 2 is 1.60 bits per heavy atom. The molecule has 0 saturated carbocycles. The molecule has 0 heterocycles. The third-order valence-corrected chi connectivity index (χ3v) is 4.55. The average molecular weight is 282 g/mol. The van der Waals surface area contributed by atoms with E-state index in [1.165, 1.54) is 70.6 Å². The van der Waals surface area contributed by atoms with E-state index in [1.807, 2.05) is 0 Å². The summed E-state index contributed by atoms with van der Waals surface area (Å²) in [5, 5.41) is 0. The van der Waals surface area contributed by atoms with Crippen LogP contribution in [-0.4, -0.2) is 6.54 Å². The topological polar surface area (TPSA) is 26.0 Å². The molecule has 20 heavy (non-hydrogen) atoms. The largest absolute Gasteiger partial charge is 0.330 e. The second-order valence-electron chi connectivity index (χ2n) is 6.29. The normalized spacial score (nSPS) is 14.8. The average Bonchev–Trinajstić information content (AvgIpc) is 2.46. The van der Waals surface area contributed by atoms with Gasteiger partial charge in [-0.15, -0.1) is 0 Å². The Hall–Kier alpha value is -0.300. The first-order valence-corrected chi connectivity index (χ1v) is 9.09. The lowest BCUT2D eigenvalue weighted by molar-refractivity contribution is 0.335. The maximum Gasteiger partial charge on any atom is -0.00746 e. The summed E-state index contributed by atoms with van der Waals surface area (Å²) in [7, 11) is 0. The van der Waals surface area contributed by atoms with Crippen LogP contribution in [-0.2, 0) is 0 Å². The number of hydrogen-bond donors (Lipinski definition) is 1. The number of nitrogens with two attached hydrogens (primary N) is 1. The summed E-state index contributed by atoms with van der Waals surface area (Å²) >= 11 is 0. The third-order valence-electron chi connectivity index (χ3n) is 4.55. The first-order chi connectivity index (χ1) is 9.78. The van der Waals surface area contributed by atoms with Gasteiger partial charge in [0.1, 0.15) is 0 Å². The van der Waals surface area contributed by atoms with Crippen LogP contribution in [0, 0.1) is 11.8 Å². The summed E-state index contributed by atoms with van der Waals surface area (Å²) in [4.78, 5) is 0. The summed E-state index contributed by atoms with van der Waals surface area (Å²) < 4.78 is 0. The van der Waals surface area contributed by atoms with Gasteiger partial charge in [-0.3, -0.25) is 0 Å². The molecular weight excluding hydrogens is 242 g/mol. The van der Waals surface area contributed by atoms with Gasteiger partial charge in [0.15, 0.2) is 0 Å². The van der Waals surface area contributed by atoms with Crippen molar-refractivity contribution in [3.8, 4) is 0 Å². The SMILES string of the molecule is C/C=C\CCCCCC(CCN)CC[C@H](CC)CCC. The summed E-state index contributed by atoms with van der Waals surface area (Å²) in [5.41, 5.74) is 5.79. The van der Waals surface area contributed by atoms with Crippen LogP contribution in [0.2, 0.25) is 0 Å². The van der Waals surface area contributed by atoms with Crippen LogP contribution in [0.25, 0.3) is 0 Å². The second-order valence-corrected chi connectivity index (χ2v) is 6.29. The number of rotatable bonds is 14. The molecule has 0 rings (SSSR count). The van der Waals surface area contributed by atoms with Crippen molar-refractivity contribution in [2.24, 2.45) is 17.6 Å². The minimum absolute atomic E-state index is 0.869. The molecule has 0 aromatic carbocycles. The molecule has 0 aliphatic rings. The van der Waals surface area contributed by atoms with Crippen molar-refractivity contribution in [1.82, 2.24) is 0 Å². The lowest BCUT2D eigenvalue weighted by Crippen LogP contribution is -2.11. The van der Waals surface area contributed by atoms with E-state index < -0.39 is 0 Å². The Morgan fingerprint density at radius 1 is 0.850 bits per heavy atom. The third kappa shape index (κ3) is 11.5. The van der Waals surface area contributed by atoms with Gasteiger partial charge in [-0.25, -0.2) is 0 Å². The van der Waals surface area contributed by atoms with Gasteiger partial charge in [0.25, 0.3) is 0 Å². The first-order valence-electron chi connectivity index (χ1n) is 9.09. The standard InChI is InChI=1S/C19H39N/c1-4-7-8-9-10-11-13-19(16-17-20)15-14-18(6-3)12-5-2/h4,7,18-19H,5-6,8-17,20H2,1-3H3/b7-4-/t18-,19?/m1/s1. The van der Waals surface area contributed by atoms with E-state index in [2.05, 4.69) is 32.9 Å². The molecule has 120 valence electrons. The number of allylic oxidation sites excluding steroid dienone is 2. The molecule has 0 amide bonds. The Bertz CT molecular complexity index is 210. The Kier molecular flexibility index (Phi) is 14.9. The first kappa shape index (κ1) is 19.7. The van der Waals surface area contributed by atoms with Crippen molar-refractivity contribution in [2.75, 3.05) is 6.54 Å². The minimum atomic E-state index is 0.869. The van der Waals surface area contributed by atoms with Gasteiger partial charge < -0.3 is 5.73 Å². The molecule has 2 atom stereocenters. The molecule has 0 aromatic heterocycles. The van der Waals surface area contributed by atoms with Gasteiger partial charge in [-0.05, 0) is 44.6 Å². The van der Waals surface area contributed by atoms with Crippen LogP contribution in [0.1, 0.15) is 91.4 Å².